The van der Waals surface area contributed by atoms with Crippen molar-refractivity contribution in [2.45, 2.75) is 44.1 Å². The Morgan fingerprint density at radius 2 is 2.05 bits per heavy atom. The maximum absolute atomic E-state index is 12.5. The lowest BCUT2D eigenvalue weighted by molar-refractivity contribution is 0.0397. The van der Waals surface area contributed by atoms with Crippen molar-refractivity contribution in [3.8, 4) is 0 Å². The van der Waals surface area contributed by atoms with Crippen LogP contribution in [0.1, 0.15) is 48.9 Å². The molecule has 3 fully saturated rings. The second-order valence-corrected chi connectivity index (χ2v) is 7.80. The van der Waals surface area contributed by atoms with Gasteiger partial charge in [-0.05, 0) is 62.4 Å². The molecule has 4 rings (SSSR count). The van der Waals surface area contributed by atoms with Gasteiger partial charge in [0.2, 0.25) is 0 Å². The summed E-state index contributed by atoms with van der Waals surface area (Å²) >= 11 is 1.61. The molecule has 1 aromatic rings. The first kappa shape index (κ1) is 13.8. The average Bonchev–Trinajstić information content (AvgIpc) is 3.01. The van der Waals surface area contributed by atoms with Crippen LogP contribution in [-0.4, -0.2) is 47.4 Å². The van der Waals surface area contributed by atoms with Crippen LogP contribution in [-0.2, 0) is 0 Å². The normalized spacial score (nSPS) is 25.6. The molecule has 0 unspecified atom stereocenters. The zero-order valence-corrected chi connectivity index (χ0v) is 13.4. The molecule has 1 aromatic heterocycles. The number of amides is 1. The molecular weight excluding hydrogens is 280 g/mol. The number of nitrogens with zero attached hydrogens (tertiary/aromatic N) is 2. The molecule has 1 saturated carbocycles. The number of hydrogen-bond acceptors (Lipinski definition) is 3. The van der Waals surface area contributed by atoms with Gasteiger partial charge in [0.05, 0.1) is 5.56 Å². The first-order valence-corrected chi connectivity index (χ1v) is 9.28. The maximum Gasteiger partial charge on any atom is 0.254 e. The number of carbonyl (C=O) groups is 1. The Morgan fingerprint density at radius 3 is 2.71 bits per heavy atom. The van der Waals surface area contributed by atoms with Gasteiger partial charge in [0.15, 0.2) is 0 Å². The third-order valence-corrected chi connectivity index (χ3v) is 6.35. The van der Waals surface area contributed by atoms with Crippen LogP contribution in [0.3, 0.4) is 0 Å². The van der Waals surface area contributed by atoms with Gasteiger partial charge in [-0.3, -0.25) is 9.69 Å². The summed E-state index contributed by atoms with van der Waals surface area (Å²) in [5, 5.41) is 3.97. The van der Waals surface area contributed by atoms with E-state index in [9.17, 15) is 4.79 Å². The molecule has 0 radical (unpaired) electrons. The van der Waals surface area contributed by atoms with Crippen LogP contribution in [0.15, 0.2) is 16.8 Å². The lowest BCUT2D eigenvalue weighted by Gasteiger charge is -2.45. The third-order valence-electron chi connectivity index (χ3n) is 5.67. The Morgan fingerprint density at radius 1 is 1.24 bits per heavy atom. The summed E-state index contributed by atoms with van der Waals surface area (Å²) in [5.74, 6) is 1.21. The average molecular weight is 304 g/mol. The highest BCUT2D eigenvalue weighted by Crippen LogP contribution is 2.41. The lowest BCUT2D eigenvalue weighted by atomic mass is 9.84. The molecule has 0 aromatic carbocycles. The van der Waals surface area contributed by atoms with Crippen LogP contribution in [0.2, 0.25) is 0 Å². The van der Waals surface area contributed by atoms with Gasteiger partial charge in [-0.15, -0.1) is 0 Å². The minimum Gasteiger partial charge on any atom is -0.338 e. The molecule has 3 aliphatic rings. The van der Waals surface area contributed by atoms with E-state index >= 15 is 0 Å². The number of thiophene rings is 1. The van der Waals surface area contributed by atoms with Crippen molar-refractivity contribution in [1.82, 2.24) is 9.80 Å². The molecule has 3 nitrogen and oxygen atoms in total. The van der Waals surface area contributed by atoms with E-state index in [0.717, 1.165) is 24.6 Å². The highest BCUT2D eigenvalue weighted by molar-refractivity contribution is 7.08. The van der Waals surface area contributed by atoms with Crippen molar-refractivity contribution in [2.24, 2.45) is 5.92 Å². The van der Waals surface area contributed by atoms with Crippen molar-refractivity contribution in [3.63, 3.8) is 0 Å². The molecule has 3 heterocycles. The molecule has 1 amide bonds. The minimum absolute atomic E-state index is 0.234. The van der Waals surface area contributed by atoms with Gasteiger partial charge in [0.1, 0.15) is 0 Å². The Balaban J connectivity index is 1.40. The van der Waals surface area contributed by atoms with Crippen LogP contribution in [0, 0.1) is 5.92 Å². The number of hydrogen-bond donors (Lipinski definition) is 0. The van der Waals surface area contributed by atoms with E-state index in [0.29, 0.717) is 5.54 Å². The van der Waals surface area contributed by atoms with Gasteiger partial charge in [0, 0.05) is 30.6 Å². The Labute approximate surface area is 130 Å². The summed E-state index contributed by atoms with van der Waals surface area (Å²) in [5.41, 5.74) is 1.30. The van der Waals surface area contributed by atoms with E-state index in [1.807, 2.05) is 16.8 Å². The fourth-order valence-corrected chi connectivity index (χ4v) is 4.78. The summed E-state index contributed by atoms with van der Waals surface area (Å²) in [4.78, 5) is 17.3. The highest BCUT2D eigenvalue weighted by atomic mass is 32.1. The smallest absolute Gasteiger partial charge is 0.254 e. The van der Waals surface area contributed by atoms with Gasteiger partial charge in [-0.1, -0.05) is 0 Å². The van der Waals surface area contributed by atoms with Crippen molar-refractivity contribution < 1.29 is 4.79 Å². The lowest BCUT2D eigenvalue weighted by Crippen LogP contribution is -2.53. The van der Waals surface area contributed by atoms with Crippen LogP contribution >= 0.6 is 11.3 Å². The first-order valence-electron chi connectivity index (χ1n) is 8.33. The van der Waals surface area contributed by atoms with Crippen LogP contribution in [0.25, 0.3) is 0 Å². The van der Waals surface area contributed by atoms with Crippen molar-refractivity contribution in [2.75, 3.05) is 26.2 Å². The second kappa shape index (κ2) is 5.40. The van der Waals surface area contributed by atoms with Gasteiger partial charge in [-0.25, -0.2) is 0 Å². The minimum atomic E-state index is 0.234. The Hall–Kier alpha value is -0.870. The number of carbonyl (C=O) groups excluding carboxylic acids is 1. The molecule has 0 atom stereocenters. The zero-order chi connectivity index (χ0) is 14.3. The molecule has 21 heavy (non-hydrogen) atoms. The largest absolute Gasteiger partial charge is 0.338 e. The van der Waals surface area contributed by atoms with Crippen molar-refractivity contribution >= 4 is 17.2 Å². The topological polar surface area (TPSA) is 23.6 Å². The Bertz CT molecular complexity index is 501. The van der Waals surface area contributed by atoms with Gasteiger partial charge < -0.3 is 4.90 Å². The SMILES string of the molecule is O=C(c1ccsc1)N1CCC2(CCCN2CC2CC2)CC1. The standard InChI is InChI=1S/C17H24N2OS/c20-16(15-4-11-21-13-15)18-9-6-17(7-10-18)5-1-8-19(17)12-14-2-3-14/h4,11,13-14H,1-3,5-10,12H2. The molecule has 114 valence electrons. The fraction of sp³-hybridized carbons (Fsp3) is 0.706. The summed E-state index contributed by atoms with van der Waals surface area (Å²) in [6.07, 6.45) is 7.93. The van der Waals surface area contributed by atoms with E-state index < -0.39 is 0 Å². The number of piperidine rings is 1. The van der Waals surface area contributed by atoms with Crippen LogP contribution in [0.4, 0.5) is 0 Å². The first-order chi connectivity index (χ1) is 10.3. The summed E-state index contributed by atoms with van der Waals surface area (Å²) in [7, 11) is 0. The van der Waals surface area contributed by atoms with Crippen LogP contribution < -0.4 is 0 Å². The van der Waals surface area contributed by atoms with E-state index in [-0.39, 0.29) is 5.91 Å². The monoisotopic (exact) mass is 304 g/mol. The molecule has 0 bridgehead atoms. The van der Waals surface area contributed by atoms with E-state index in [1.54, 1.807) is 11.3 Å². The van der Waals surface area contributed by atoms with E-state index in [4.69, 9.17) is 0 Å². The third kappa shape index (κ3) is 2.64. The Kier molecular flexibility index (Phi) is 3.54. The molecular formula is C17H24N2OS. The molecule has 1 spiro atoms. The quantitative estimate of drug-likeness (QED) is 0.856. The fourth-order valence-electron chi connectivity index (χ4n) is 4.15. The molecule has 4 heteroatoms. The summed E-state index contributed by atoms with van der Waals surface area (Å²) in [6.45, 7) is 4.49. The predicted molar refractivity (Wildman–Crippen MR) is 85.7 cm³/mol. The molecule has 0 N–H and O–H groups in total. The molecule has 1 aliphatic carbocycles. The molecule has 2 saturated heterocycles. The molecule has 2 aliphatic heterocycles. The van der Waals surface area contributed by atoms with E-state index in [2.05, 4.69) is 9.80 Å². The van der Waals surface area contributed by atoms with Crippen LogP contribution in [0.5, 0.6) is 0 Å². The van der Waals surface area contributed by atoms with Gasteiger partial charge in [-0.2, -0.15) is 11.3 Å². The second-order valence-electron chi connectivity index (χ2n) is 7.02. The highest BCUT2D eigenvalue weighted by Gasteiger charge is 2.45. The number of rotatable bonds is 3. The summed E-state index contributed by atoms with van der Waals surface area (Å²) < 4.78 is 0. The van der Waals surface area contributed by atoms with Crippen molar-refractivity contribution in [1.29, 1.82) is 0 Å². The van der Waals surface area contributed by atoms with Gasteiger partial charge >= 0.3 is 0 Å². The number of likely N-dealkylation sites (tertiary alicyclic amines) is 2. The maximum atomic E-state index is 12.5. The van der Waals surface area contributed by atoms with Gasteiger partial charge in [0.25, 0.3) is 5.91 Å². The summed E-state index contributed by atoms with van der Waals surface area (Å²) in [6, 6.07) is 1.95. The van der Waals surface area contributed by atoms with E-state index in [1.165, 1.54) is 51.6 Å². The van der Waals surface area contributed by atoms with Crippen molar-refractivity contribution in [3.05, 3.63) is 22.4 Å². The zero-order valence-electron chi connectivity index (χ0n) is 12.6. The predicted octanol–water partition coefficient (Wildman–Crippen LogP) is 3.23.